The van der Waals surface area contributed by atoms with E-state index in [9.17, 15) is 4.79 Å². The molecular formula is C12H17NO4. The van der Waals surface area contributed by atoms with Crippen LogP contribution in [0.1, 0.15) is 17.3 Å². The monoisotopic (exact) mass is 239 g/mol. The summed E-state index contributed by atoms with van der Waals surface area (Å²) in [5.74, 6) is 0.580. The number of aliphatic hydroxyl groups is 1. The van der Waals surface area contributed by atoms with E-state index in [0.29, 0.717) is 17.1 Å². The molecule has 0 saturated heterocycles. The Morgan fingerprint density at radius 1 is 1.41 bits per heavy atom. The fraction of sp³-hybridized carbons (Fsp3) is 0.417. The summed E-state index contributed by atoms with van der Waals surface area (Å²) in [5, 5.41) is 11.5. The molecule has 1 atom stereocenters. The van der Waals surface area contributed by atoms with Gasteiger partial charge < -0.3 is 19.9 Å². The Bertz CT molecular complexity index is 392. The molecule has 0 fully saturated rings. The number of para-hydroxylation sites is 1. The first-order chi connectivity index (χ1) is 8.13. The summed E-state index contributed by atoms with van der Waals surface area (Å²) in [5.41, 5.74) is 0.382. The van der Waals surface area contributed by atoms with E-state index in [2.05, 4.69) is 5.32 Å². The molecule has 0 saturated carbocycles. The molecule has 17 heavy (non-hydrogen) atoms. The van der Waals surface area contributed by atoms with Crippen molar-refractivity contribution in [2.24, 2.45) is 0 Å². The first-order valence-electron chi connectivity index (χ1n) is 5.26. The Kier molecular flexibility index (Phi) is 4.78. The minimum absolute atomic E-state index is 0.113. The van der Waals surface area contributed by atoms with Crippen LogP contribution >= 0.6 is 0 Å². The summed E-state index contributed by atoms with van der Waals surface area (Å²) >= 11 is 0. The summed E-state index contributed by atoms with van der Waals surface area (Å²) in [6, 6.07) is 4.75. The maximum absolute atomic E-state index is 11.9. The van der Waals surface area contributed by atoms with E-state index in [1.54, 1.807) is 25.1 Å². The fourth-order valence-corrected chi connectivity index (χ4v) is 1.41. The summed E-state index contributed by atoms with van der Waals surface area (Å²) in [6.45, 7) is 1.60. The number of rotatable bonds is 5. The van der Waals surface area contributed by atoms with Crippen molar-refractivity contribution < 1.29 is 19.4 Å². The summed E-state index contributed by atoms with van der Waals surface area (Å²) in [6.07, 6.45) is 0. The second-order valence-corrected chi connectivity index (χ2v) is 3.60. The second kappa shape index (κ2) is 6.10. The fourth-order valence-electron chi connectivity index (χ4n) is 1.41. The third-order valence-electron chi connectivity index (χ3n) is 2.30. The third kappa shape index (κ3) is 3.10. The van der Waals surface area contributed by atoms with Crippen LogP contribution in [0.25, 0.3) is 0 Å². The van der Waals surface area contributed by atoms with E-state index in [4.69, 9.17) is 14.6 Å². The van der Waals surface area contributed by atoms with Gasteiger partial charge in [0.05, 0.1) is 26.4 Å². The van der Waals surface area contributed by atoms with Crippen LogP contribution in [0.4, 0.5) is 0 Å². The number of aliphatic hydroxyl groups excluding tert-OH is 1. The van der Waals surface area contributed by atoms with Gasteiger partial charge in [-0.15, -0.1) is 0 Å². The van der Waals surface area contributed by atoms with Crippen molar-refractivity contribution in [1.29, 1.82) is 0 Å². The Balaban J connectivity index is 3.00. The number of methoxy groups -OCH3 is 2. The maximum atomic E-state index is 11.9. The Morgan fingerprint density at radius 2 is 2.12 bits per heavy atom. The van der Waals surface area contributed by atoms with Crippen molar-refractivity contribution in [1.82, 2.24) is 5.32 Å². The molecule has 1 rings (SSSR count). The van der Waals surface area contributed by atoms with Crippen LogP contribution in [0.3, 0.4) is 0 Å². The molecule has 1 amide bonds. The van der Waals surface area contributed by atoms with Gasteiger partial charge in [-0.3, -0.25) is 4.79 Å². The molecule has 0 bridgehead atoms. The lowest BCUT2D eigenvalue weighted by atomic mass is 10.1. The van der Waals surface area contributed by atoms with E-state index in [-0.39, 0.29) is 18.6 Å². The number of carbonyl (C=O) groups excluding carboxylic acids is 1. The number of nitrogens with one attached hydrogen (secondary N) is 1. The van der Waals surface area contributed by atoms with Gasteiger partial charge in [0.2, 0.25) is 0 Å². The number of carbonyl (C=O) groups is 1. The second-order valence-electron chi connectivity index (χ2n) is 3.60. The van der Waals surface area contributed by atoms with Crippen LogP contribution < -0.4 is 14.8 Å². The Labute approximate surface area is 100 Å². The van der Waals surface area contributed by atoms with E-state index in [1.165, 1.54) is 14.2 Å². The van der Waals surface area contributed by atoms with Crippen molar-refractivity contribution in [3.8, 4) is 11.5 Å². The van der Waals surface area contributed by atoms with Crippen LogP contribution in [0, 0.1) is 0 Å². The van der Waals surface area contributed by atoms with Gasteiger partial charge in [0, 0.05) is 6.04 Å². The maximum Gasteiger partial charge on any atom is 0.255 e. The van der Waals surface area contributed by atoms with Gasteiger partial charge in [0.25, 0.3) is 5.91 Å². The largest absolute Gasteiger partial charge is 0.493 e. The van der Waals surface area contributed by atoms with Crippen LogP contribution in [-0.2, 0) is 0 Å². The minimum Gasteiger partial charge on any atom is -0.493 e. The van der Waals surface area contributed by atoms with E-state index >= 15 is 0 Å². The van der Waals surface area contributed by atoms with Crippen molar-refractivity contribution in [3.63, 3.8) is 0 Å². The van der Waals surface area contributed by atoms with Crippen molar-refractivity contribution in [3.05, 3.63) is 23.8 Å². The summed E-state index contributed by atoms with van der Waals surface area (Å²) < 4.78 is 10.3. The lowest BCUT2D eigenvalue weighted by Gasteiger charge is -2.14. The predicted molar refractivity (Wildman–Crippen MR) is 63.6 cm³/mol. The molecule has 5 nitrogen and oxygen atoms in total. The molecule has 0 aromatic heterocycles. The molecule has 0 aliphatic rings. The van der Waals surface area contributed by atoms with Gasteiger partial charge in [0.1, 0.15) is 0 Å². The molecule has 1 unspecified atom stereocenters. The Morgan fingerprint density at radius 3 is 2.65 bits per heavy atom. The zero-order valence-electron chi connectivity index (χ0n) is 10.2. The third-order valence-corrected chi connectivity index (χ3v) is 2.30. The van der Waals surface area contributed by atoms with E-state index in [0.717, 1.165) is 0 Å². The molecule has 5 heteroatoms. The molecule has 0 heterocycles. The van der Waals surface area contributed by atoms with E-state index in [1.807, 2.05) is 0 Å². The number of ether oxygens (including phenoxy) is 2. The van der Waals surface area contributed by atoms with Crippen LogP contribution in [0.2, 0.25) is 0 Å². The lowest BCUT2D eigenvalue weighted by molar-refractivity contribution is 0.0918. The van der Waals surface area contributed by atoms with Gasteiger partial charge in [-0.1, -0.05) is 6.07 Å². The van der Waals surface area contributed by atoms with Gasteiger partial charge in [-0.05, 0) is 19.1 Å². The normalized spacial score (nSPS) is 11.8. The zero-order valence-corrected chi connectivity index (χ0v) is 10.2. The van der Waals surface area contributed by atoms with Gasteiger partial charge >= 0.3 is 0 Å². The molecule has 0 aliphatic carbocycles. The lowest BCUT2D eigenvalue weighted by Crippen LogP contribution is -2.35. The summed E-state index contributed by atoms with van der Waals surface area (Å²) in [7, 11) is 2.99. The highest BCUT2D eigenvalue weighted by atomic mass is 16.5. The minimum atomic E-state index is -0.307. The van der Waals surface area contributed by atoms with Gasteiger partial charge in [-0.25, -0.2) is 0 Å². The topological polar surface area (TPSA) is 67.8 Å². The molecule has 0 aliphatic heterocycles. The molecular weight excluding hydrogens is 222 g/mol. The van der Waals surface area contributed by atoms with Crippen LogP contribution in [-0.4, -0.2) is 37.9 Å². The first kappa shape index (κ1) is 13.3. The number of benzene rings is 1. The molecule has 94 valence electrons. The van der Waals surface area contributed by atoms with Crippen LogP contribution in [0.5, 0.6) is 11.5 Å². The van der Waals surface area contributed by atoms with Gasteiger partial charge in [-0.2, -0.15) is 0 Å². The number of amides is 1. The quantitative estimate of drug-likeness (QED) is 0.798. The molecule has 1 aromatic rings. The number of hydrogen-bond acceptors (Lipinski definition) is 4. The van der Waals surface area contributed by atoms with Crippen molar-refractivity contribution >= 4 is 5.91 Å². The average molecular weight is 239 g/mol. The highest BCUT2D eigenvalue weighted by Gasteiger charge is 2.17. The van der Waals surface area contributed by atoms with E-state index < -0.39 is 0 Å². The molecule has 0 spiro atoms. The first-order valence-corrected chi connectivity index (χ1v) is 5.26. The van der Waals surface area contributed by atoms with Crippen molar-refractivity contribution in [2.75, 3.05) is 20.8 Å². The molecule has 0 radical (unpaired) electrons. The van der Waals surface area contributed by atoms with Crippen LogP contribution in [0.15, 0.2) is 18.2 Å². The highest BCUT2D eigenvalue weighted by Crippen LogP contribution is 2.30. The van der Waals surface area contributed by atoms with Gasteiger partial charge in [0.15, 0.2) is 11.5 Å². The smallest absolute Gasteiger partial charge is 0.255 e. The highest BCUT2D eigenvalue weighted by molar-refractivity contribution is 5.98. The predicted octanol–water partition coefficient (Wildman–Crippen LogP) is 0.814. The Hall–Kier alpha value is -1.75. The SMILES string of the molecule is COc1cccc(C(=O)NC(C)CO)c1OC. The molecule has 2 N–H and O–H groups in total. The number of hydrogen-bond donors (Lipinski definition) is 2. The average Bonchev–Trinajstić information content (AvgIpc) is 2.37. The standard InChI is InChI=1S/C12H17NO4/c1-8(7-14)13-12(15)9-5-4-6-10(16-2)11(9)17-3/h4-6,8,14H,7H2,1-3H3,(H,13,15). The molecule has 1 aromatic carbocycles. The summed E-state index contributed by atoms with van der Waals surface area (Å²) in [4.78, 5) is 11.9. The van der Waals surface area contributed by atoms with Crippen molar-refractivity contribution in [2.45, 2.75) is 13.0 Å². The zero-order chi connectivity index (χ0) is 12.8.